The maximum Gasteiger partial charge on any atom is 0.573 e. The van der Waals surface area contributed by atoms with Gasteiger partial charge in [0.1, 0.15) is 24.8 Å². The summed E-state index contributed by atoms with van der Waals surface area (Å²) in [5.74, 6) is -2.81. The molecule has 34 heavy (non-hydrogen) atoms. The van der Waals surface area contributed by atoms with Crippen LogP contribution in [-0.4, -0.2) is 31.6 Å². The number of rotatable bonds is 7. The minimum atomic E-state index is -5.03. The number of carboxylic acids is 1. The quantitative estimate of drug-likeness (QED) is 0.402. The molecule has 0 saturated carbocycles. The average Bonchev–Trinajstić information content (AvgIpc) is 2.71. The lowest BCUT2D eigenvalue weighted by Gasteiger charge is -2.32. The van der Waals surface area contributed by atoms with Crippen molar-refractivity contribution in [2.24, 2.45) is 0 Å². The summed E-state index contributed by atoms with van der Waals surface area (Å²) in [6.07, 6.45) is -10.3. The number of carboxylic acid groups (broad SMARTS) is 1. The molecule has 0 spiro atoms. The van der Waals surface area contributed by atoms with Crippen molar-refractivity contribution in [1.29, 1.82) is 0 Å². The van der Waals surface area contributed by atoms with Gasteiger partial charge in [-0.25, -0.2) is 0 Å². The first-order valence-electron chi connectivity index (χ1n) is 9.80. The molecule has 0 fully saturated rings. The third kappa shape index (κ3) is 6.03. The highest BCUT2D eigenvalue weighted by atomic mass is 19.4. The Morgan fingerprint density at radius 1 is 0.765 bits per heavy atom. The van der Waals surface area contributed by atoms with Gasteiger partial charge in [0.2, 0.25) is 0 Å². The second kappa shape index (κ2) is 9.32. The van der Waals surface area contributed by atoms with Crippen LogP contribution in [0, 0.1) is 0 Å². The van der Waals surface area contributed by atoms with E-state index in [-0.39, 0.29) is 17.5 Å². The number of aliphatic carboxylic acids is 1. The van der Waals surface area contributed by atoms with E-state index in [9.17, 15) is 36.2 Å². The number of alkyl halides is 6. The molecule has 1 N–H and O–H groups in total. The maximum atomic E-state index is 12.8. The van der Waals surface area contributed by atoms with Crippen LogP contribution in [0.4, 0.5) is 26.3 Å². The fraction of sp³-hybridized carbons (Fsp3) is 0.174. The molecule has 0 aliphatic rings. The van der Waals surface area contributed by atoms with Gasteiger partial charge < -0.3 is 14.6 Å². The summed E-state index contributed by atoms with van der Waals surface area (Å²) in [6, 6.07) is 15.4. The standard InChI is InChI=1S/C23H17BF6O4/c24-17-9-7-14(8-10-17)13-21(20(31)32,15-3-1-5-18(11-15)33-22(25,26)27)16-4-2-6-19(12-16)34-23(28,29)30/h1-12H,13,24H2,(H,31,32). The smallest absolute Gasteiger partial charge is 0.480 e. The molecular weight excluding hydrogens is 465 g/mol. The third-order valence-electron chi connectivity index (χ3n) is 5.08. The zero-order valence-electron chi connectivity index (χ0n) is 17.6. The minimum Gasteiger partial charge on any atom is -0.480 e. The fourth-order valence-electron chi connectivity index (χ4n) is 3.62. The van der Waals surface area contributed by atoms with E-state index in [4.69, 9.17) is 0 Å². The number of halogens is 6. The van der Waals surface area contributed by atoms with Crippen LogP contribution in [0.1, 0.15) is 16.7 Å². The van der Waals surface area contributed by atoms with Crippen molar-refractivity contribution in [1.82, 2.24) is 0 Å². The van der Waals surface area contributed by atoms with E-state index in [2.05, 4.69) is 9.47 Å². The van der Waals surface area contributed by atoms with Crippen molar-refractivity contribution in [3.05, 3.63) is 89.5 Å². The first-order valence-corrected chi connectivity index (χ1v) is 9.80. The molecule has 0 amide bonds. The second-order valence-electron chi connectivity index (χ2n) is 7.52. The summed E-state index contributed by atoms with van der Waals surface area (Å²) >= 11 is 0. The zero-order chi connectivity index (χ0) is 25.1. The van der Waals surface area contributed by atoms with Gasteiger partial charge in [-0.05, 0) is 47.4 Å². The average molecular weight is 482 g/mol. The Morgan fingerprint density at radius 2 is 1.21 bits per heavy atom. The zero-order valence-corrected chi connectivity index (χ0v) is 17.6. The van der Waals surface area contributed by atoms with Crippen LogP contribution in [0.15, 0.2) is 72.8 Å². The Hall–Kier alpha value is -3.63. The van der Waals surface area contributed by atoms with Crippen molar-refractivity contribution < 1.29 is 45.7 Å². The molecule has 0 heterocycles. The summed E-state index contributed by atoms with van der Waals surface area (Å²) in [5.41, 5.74) is -0.924. The highest BCUT2D eigenvalue weighted by molar-refractivity contribution is 6.32. The van der Waals surface area contributed by atoms with Gasteiger partial charge >= 0.3 is 18.7 Å². The molecule has 0 saturated heterocycles. The van der Waals surface area contributed by atoms with Gasteiger partial charge in [0.05, 0.1) is 0 Å². The summed E-state index contributed by atoms with van der Waals surface area (Å²) in [4.78, 5) is 12.8. The van der Waals surface area contributed by atoms with Crippen molar-refractivity contribution in [3.63, 3.8) is 0 Å². The van der Waals surface area contributed by atoms with E-state index >= 15 is 0 Å². The predicted octanol–water partition coefficient (Wildman–Crippen LogP) is 4.36. The van der Waals surface area contributed by atoms with Crippen LogP contribution in [-0.2, 0) is 16.6 Å². The van der Waals surface area contributed by atoms with Crippen LogP contribution < -0.4 is 14.9 Å². The van der Waals surface area contributed by atoms with Crippen LogP contribution in [0.5, 0.6) is 11.5 Å². The Morgan fingerprint density at radius 3 is 1.59 bits per heavy atom. The van der Waals surface area contributed by atoms with Crippen molar-refractivity contribution in [2.75, 3.05) is 0 Å². The van der Waals surface area contributed by atoms with Gasteiger partial charge in [0, 0.05) is 0 Å². The second-order valence-corrected chi connectivity index (χ2v) is 7.52. The lowest BCUT2D eigenvalue weighted by Crippen LogP contribution is -2.39. The van der Waals surface area contributed by atoms with Gasteiger partial charge in [-0.1, -0.05) is 54.0 Å². The van der Waals surface area contributed by atoms with Gasteiger partial charge in [0.25, 0.3) is 0 Å². The number of carbonyl (C=O) groups is 1. The van der Waals surface area contributed by atoms with Crippen molar-refractivity contribution in [3.8, 4) is 11.5 Å². The van der Waals surface area contributed by atoms with Crippen LogP contribution in [0.3, 0.4) is 0 Å². The number of benzene rings is 3. The first-order chi connectivity index (χ1) is 15.8. The van der Waals surface area contributed by atoms with Gasteiger partial charge in [0.15, 0.2) is 0 Å². The van der Waals surface area contributed by atoms with E-state index in [1.165, 1.54) is 24.3 Å². The summed E-state index contributed by atoms with van der Waals surface area (Å²) in [7, 11) is 1.81. The SMILES string of the molecule is Bc1ccc(CC(C(=O)O)(c2cccc(OC(F)(F)F)c2)c2cccc(OC(F)(F)F)c2)cc1. The molecule has 0 aliphatic carbocycles. The Balaban J connectivity index is 2.22. The van der Waals surface area contributed by atoms with E-state index in [0.717, 1.165) is 29.7 Å². The van der Waals surface area contributed by atoms with Crippen LogP contribution in [0.25, 0.3) is 0 Å². The topological polar surface area (TPSA) is 55.8 Å². The molecule has 3 aromatic carbocycles. The highest BCUT2D eigenvalue weighted by Gasteiger charge is 2.44. The van der Waals surface area contributed by atoms with Gasteiger partial charge in [-0.2, -0.15) is 0 Å². The first kappa shape index (κ1) is 25.0. The molecule has 178 valence electrons. The normalized spacial score (nSPS) is 12.3. The molecule has 11 heteroatoms. The van der Waals surface area contributed by atoms with E-state index in [0.29, 0.717) is 5.56 Å². The molecule has 4 nitrogen and oxygen atoms in total. The maximum absolute atomic E-state index is 12.8. The molecule has 3 rings (SSSR count). The van der Waals surface area contributed by atoms with Crippen LogP contribution >= 0.6 is 0 Å². The van der Waals surface area contributed by atoms with Gasteiger partial charge in [-0.3, -0.25) is 4.79 Å². The number of hydrogen-bond acceptors (Lipinski definition) is 3. The lowest BCUT2D eigenvalue weighted by atomic mass is 9.70. The monoisotopic (exact) mass is 482 g/mol. The largest absolute Gasteiger partial charge is 0.573 e. The molecular formula is C23H17BF6O4. The van der Waals surface area contributed by atoms with E-state index in [1.54, 1.807) is 24.3 Å². The molecule has 3 aromatic rings. The Bertz CT molecular complexity index is 1100. The molecule has 0 unspecified atom stereocenters. The number of hydrogen-bond donors (Lipinski definition) is 1. The molecule has 0 aromatic heterocycles. The Labute approximate surface area is 191 Å². The number of ether oxygens (including phenoxy) is 2. The molecule has 0 bridgehead atoms. The van der Waals surface area contributed by atoms with Gasteiger partial charge in [-0.15, -0.1) is 26.3 Å². The van der Waals surface area contributed by atoms with Crippen molar-refractivity contribution >= 4 is 19.3 Å². The molecule has 0 aliphatic heterocycles. The summed E-state index contributed by atoms with van der Waals surface area (Å²) in [5, 5.41) is 10.4. The minimum absolute atomic E-state index is 0.119. The van der Waals surface area contributed by atoms with E-state index in [1.807, 2.05) is 7.85 Å². The van der Waals surface area contributed by atoms with Crippen LogP contribution in [0.2, 0.25) is 0 Å². The highest BCUT2D eigenvalue weighted by Crippen LogP contribution is 2.40. The lowest BCUT2D eigenvalue weighted by molar-refractivity contribution is -0.275. The Kier molecular flexibility index (Phi) is 6.85. The molecule has 0 atom stereocenters. The predicted molar refractivity (Wildman–Crippen MR) is 113 cm³/mol. The summed E-state index contributed by atoms with van der Waals surface area (Å²) in [6.45, 7) is 0. The van der Waals surface area contributed by atoms with E-state index < -0.39 is 35.6 Å². The third-order valence-corrected chi connectivity index (χ3v) is 5.08. The molecule has 0 radical (unpaired) electrons. The fourth-order valence-corrected chi connectivity index (χ4v) is 3.62. The van der Waals surface area contributed by atoms with Crippen molar-refractivity contribution in [2.45, 2.75) is 24.6 Å². The summed E-state index contributed by atoms with van der Waals surface area (Å²) < 4.78 is 84.6.